The molecule has 0 saturated carbocycles. The van der Waals surface area contributed by atoms with E-state index in [0.717, 1.165) is 83.5 Å². The Balaban J connectivity index is 0.854. The lowest BCUT2D eigenvalue weighted by molar-refractivity contribution is 0.600. The van der Waals surface area contributed by atoms with Crippen molar-refractivity contribution in [3.63, 3.8) is 0 Å². The Labute approximate surface area is 488 Å². The van der Waals surface area contributed by atoms with Crippen LogP contribution in [0.4, 0.5) is 11.4 Å². The quantitative estimate of drug-likeness (QED) is 0.166. The van der Waals surface area contributed by atoms with E-state index in [-0.39, 0.29) is 10.8 Å². The van der Waals surface area contributed by atoms with E-state index in [2.05, 4.69) is 282 Å². The van der Waals surface area contributed by atoms with E-state index < -0.39 is 5.41 Å². The van der Waals surface area contributed by atoms with Crippen LogP contribution in [0, 0.1) is 0 Å². The second-order valence-corrected chi connectivity index (χ2v) is 25.1. The minimum absolute atomic E-state index is 0.256. The fraction of sp³-hybridized carbons (Fsp3) is 0.125. The molecule has 84 heavy (non-hydrogen) atoms. The second-order valence-electron chi connectivity index (χ2n) is 25.1. The molecule has 0 radical (unpaired) electrons. The van der Waals surface area contributed by atoms with Gasteiger partial charge in [0.1, 0.15) is 22.3 Å². The van der Waals surface area contributed by atoms with Gasteiger partial charge in [0.25, 0.3) is 0 Å². The fourth-order valence-corrected chi connectivity index (χ4v) is 15.7. The first kappa shape index (κ1) is 48.8. The number of anilines is 2. The zero-order valence-electron chi connectivity index (χ0n) is 48.3. The largest absolute Gasteiger partial charge is 0.455 e. The van der Waals surface area contributed by atoms with Crippen LogP contribution in [0.25, 0.3) is 121 Å². The smallest absolute Gasteiger partial charge is 0.144 e. The maximum absolute atomic E-state index is 7.06. The highest BCUT2D eigenvalue weighted by Gasteiger charge is 2.49. The highest BCUT2D eigenvalue weighted by atomic mass is 16.3. The summed E-state index contributed by atoms with van der Waals surface area (Å²) in [5.41, 5.74) is 26.5. The van der Waals surface area contributed by atoms with Crippen LogP contribution in [0.15, 0.2) is 251 Å². The lowest BCUT2D eigenvalue weighted by Gasteiger charge is -2.32. The van der Waals surface area contributed by atoms with Crippen LogP contribution in [0.3, 0.4) is 0 Å². The van der Waals surface area contributed by atoms with Crippen molar-refractivity contribution in [3.8, 4) is 39.1 Å². The summed E-state index contributed by atoms with van der Waals surface area (Å²) in [6, 6.07) is 77.8. The molecule has 14 aromatic rings. The van der Waals surface area contributed by atoms with Gasteiger partial charge in [0.2, 0.25) is 0 Å². The topological polar surface area (TPSA) is 34.5 Å². The number of furan rings is 2. The predicted molar refractivity (Wildman–Crippen MR) is 352 cm³/mol. The zero-order valence-corrected chi connectivity index (χ0v) is 48.3. The molecule has 4 nitrogen and oxygen atoms in total. The molecule has 3 aliphatic rings. The van der Waals surface area contributed by atoms with Crippen LogP contribution in [-0.4, -0.2) is 4.57 Å². The normalized spacial score (nSPS) is 16.0. The van der Waals surface area contributed by atoms with Gasteiger partial charge in [-0.05, 0) is 163 Å². The van der Waals surface area contributed by atoms with Crippen molar-refractivity contribution >= 4 is 93.4 Å². The minimum Gasteiger partial charge on any atom is -0.455 e. The van der Waals surface area contributed by atoms with Crippen molar-refractivity contribution in [2.24, 2.45) is 0 Å². The Morgan fingerprint density at radius 2 is 1.05 bits per heavy atom. The molecule has 3 heterocycles. The summed E-state index contributed by atoms with van der Waals surface area (Å²) in [4.78, 5) is 2.48. The number of benzene rings is 11. The lowest BCUT2D eigenvalue weighted by Crippen LogP contribution is -2.24. The summed E-state index contributed by atoms with van der Waals surface area (Å²) in [7, 11) is 0. The molecule has 0 fully saturated rings. The maximum Gasteiger partial charge on any atom is 0.144 e. The summed E-state index contributed by atoms with van der Waals surface area (Å²) >= 11 is 0. The van der Waals surface area contributed by atoms with E-state index in [4.69, 9.17) is 15.4 Å². The predicted octanol–water partition coefficient (Wildman–Crippen LogP) is 22.0. The highest BCUT2D eigenvalue weighted by Crippen LogP contribution is 2.64. The first-order valence-electron chi connectivity index (χ1n) is 29.5. The summed E-state index contributed by atoms with van der Waals surface area (Å²) in [6.07, 6.45) is 4.71. The molecular weight excluding hydrogens is 1020 g/mol. The first-order valence-corrected chi connectivity index (χ1v) is 29.5. The van der Waals surface area contributed by atoms with Crippen LogP contribution in [0.5, 0.6) is 0 Å². The van der Waals surface area contributed by atoms with Crippen molar-refractivity contribution in [1.29, 1.82) is 0 Å². The number of aromatic nitrogens is 1. The third-order valence-electron chi connectivity index (χ3n) is 19.6. The van der Waals surface area contributed by atoms with Crippen molar-refractivity contribution in [2.75, 3.05) is 4.90 Å². The van der Waals surface area contributed by atoms with Gasteiger partial charge in [-0.1, -0.05) is 194 Å². The third-order valence-corrected chi connectivity index (χ3v) is 19.6. The van der Waals surface area contributed by atoms with Gasteiger partial charge in [0.15, 0.2) is 0 Å². The molecule has 0 spiro atoms. The van der Waals surface area contributed by atoms with Crippen LogP contribution >= 0.6 is 0 Å². The molecule has 0 saturated heterocycles. The molecule has 3 aliphatic carbocycles. The van der Waals surface area contributed by atoms with Crippen molar-refractivity contribution < 1.29 is 8.83 Å². The molecule has 3 aromatic heterocycles. The number of fused-ring (bicyclic) bond motifs is 21. The SMILES string of the molecule is C=C1/C(=C\C(=C/C)N(c2ccc3c(c2)C(C)(C)c2c4c(c5oc6ccccc6c5c2-3)-c2ccccc2C4(C)C)c2ccc3ccccc3c2)C(C)(C)c2cc(-c3ccc4c(c3)c3ccccc3n4-c3ccccc3)c3oc4ccccc4c3c21. The summed E-state index contributed by atoms with van der Waals surface area (Å²) in [6.45, 7) is 21.7. The van der Waals surface area contributed by atoms with Crippen molar-refractivity contribution in [1.82, 2.24) is 4.57 Å². The highest BCUT2D eigenvalue weighted by molar-refractivity contribution is 6.22. The van der Waals surface area contributed by atoms with Crippen LogP contribution < -0.4 is 4.90 Å². The Morgan fingerprint density at radius 1 is 0.452 bits per heavy atom. The Bertz CT molecular complexity index is 5320. The van der Waals surface area contributed by atoms with Gasteiger partial charge >= 0.3 is 0 Å². The molecule has 0 bridgehead atoms. The zero-order chi connectivity index (χ0) is 56.7. The lowest BCUT2D eigenvalue weighted by atomic mass is 9.72. The number of nitrogens with zero attached hydrogens (tertiary/aromatic N) is 2. The number of allylic oxidation sites excluding steroid dienone is 4. The fourth-order valence-electron chi connectivity index (χ4n) is 15.7. The Hall–Kier alpha value is -9.90. The van der Waals surface area contributed by atoms with Gasteiger partial charge in [-0.15, -0.1) is 0 Å². The summed E-state index contributed by atoms with van der Waals surface area (Å²) in [5.74, 6) is 0. The van der Waals surface area contributed by atoms with E-state index in [1.165, 1.54) is 93.6 Å². The number of hydrogen-bond donors (Lipinski definition) is 0. The molecule has 0 N–H and O–H groups in total. The van der Waals surface area contributed by atoms with Crippen LogP contribution in [0.1, 0.15) is 81.8 Å². The molecule has 11 aromatic carbocycles. The molecule has 0 amide bonds. The van der Waals surface area contributed by atoms with Gasteiger partial charge in [-0.25, -0.2) is 0 Å². The van der Waals surface area contributed by atoms with Crippen molar-refractivity contribution in [2.45, 2.75) is 64.7 Å². The van der Waals surface area contributed by atoms with E-state index in [9.17, 15) is 0 Å². The standard InChI is InChI=1S/C80H60N2O2/c1-9-50(43-62-46(2)69-64(78(62,3)4)45-59(76-71(69)57-29-17-21-33-67(57)83-76)49-36-40-66-60(42-49)54-27-16-20-32-65(54)82(66)51-25-11-10-12-26-51)81(52-37-35-47-23-13-14-24-48(47)41-52)53-38-39-56-63(44-53)80(7,8)74-70(56)72-58-30-18-22-34-68(58)84-77(72)73-55-28-15-19-31-61(55)79(5,6)75(73)74/h9-45H,2H2,1,3-8H3/b50-9+,62-43+. The first-order chi connectivity index (χ1) is 40.8. The molecule has 17 rings (SSSR count). The Kier molecular flexibility index (Phi) is 9.93. The molecule has 402 valence electrons. The third kappa shape index (κ3) is 6.43. The van der Waals surface area contributed by atoms with Crippen LogP contribution in [0.2, 0.25) is 0 Å². The maximum atomic E-state index is 7.06. The van der Waals surface area contributed by atoms with E-state index in [0.29, 0.717) is 0 Å². The summed E-state index contributed by atoms with van der Waals surface area (Å²) in [5, 5.41) is 9.37. The number of rotatable bonds is 6. The van der Waals surface area contributed by atoms with E-state index in [1.54, 1.807) is 0 Å². The molecule has 4 heteroatoms. The van der Waals surface area contributed by atoms with Gasteiger partial charge in [0.05, 0.1) is 11.0 Å². The van der Waals surface area contributed by atoms with E-state index in [1.807, 2.05) is 0 Å². The van der Waals surface area contributed by atoms with Crippen molar-refractivity contribution in [3.05, 3.63) is 276 Å². The number of hydrogen-bond acceptors (Lipinski definition) is 3. The Morgan fingerprint density at radius 3 is 1.82 bits per heavy atom. The minimum atomic E-state index is -0.463. The number of para-hydroxylation sites is 4. The molecule has 0 aliphatic heterocycles. The molecule has 0 unspecified atom stereocenters. The van der Waals surface area contributed by atoms with E-state index >= 15 is 0 Å². The molecular formula is C80H60N2O2. The average molecular weight is 1080 g/mol. The summed E-state index contributed by atoms with van der Waals surface area (Å²) < 4.78 is 16.5. The van der Waals surface area contributed by atoms with Gasteiger partial charge in [-0.3, -0.25) is 0 Å². The monoisotopic (exact) mass is 1080 g/mol. The second kappa shape index (κ2) is 17.1. The van der Waals surface area contributed by atoms with Gasteiger partial charge < -0.3 is 18.3 Å². The van der Waals surface area contributed by atoms with Crippen LogP contribution in [-0.2, 0) is 16.2 Å². The van der Waals surface area contributed by atoms with Gasteiger partial charge in [0, 0.05) is 82.4 Å². The average Bonchev–Trinajstić information content (AvgIpc) is 1.52. The van der Waals surface area contributed by atoms with Gasteiger partial charge in [-0.2, -0.15) is 0 Å². The molecule has 0 atom stereocenters.